The summed E-state index contributed by atoms with van der Waals surface area (Å²) in [5, 5.41) is 14.7. The lowest BCUT2D eigenvalue weighted by Gasteiger charge is -2.23. The summed E-state index contributed by atoms with van der Waals surface area (Å²) in [6.07, 6.45) is 0.672. The van der Waals surface area contributed by atoms with E-state index in [2.05, 4.69) is 20.4 Å². The summed E-state index contributed by atoms with van der Waals surface area (Å²) in [6, 6.07) is 2.79. The van der Waals surface area contributed by atoms with Crippen molar-refractivity contribution in [1.82, 2.24) is 20.4 Å². The van der Waals surface area contributed by atoms with Crippen LogP contribution in [0.2, 0.25) is 20.6 Å². The quantitative estimate of drug-likeness (QED) is 0.803. The van der Waals surface area contributed by atoms with Crippen LogP contribution in [0.4, 0.5) is 5.69 Å². The summed E-state index contributed by atoms with van der Waals surface area (Å²) in [7, 11) is 0. The van der Waals surface area contributed by atoms with Crippen LogP contribution in [0.3, 0.4) is 0 Å². The van der Waals surface area contributed by atoms with Gasteiger partial charge < -0.3 is 4.90 Å². The zero-order valence-electron chi connectivity index (χ0n) is 11.2. The Bertz CT molecular complexity index is 712. The van der Waals surface area contributed by atoms with Gasteiger partial charge in [0.1, 0.15) is 0 Å². The number of anilines is 1. The highest BCUT2D eigenvalue weighted by molar-refractivity contribution is 6.36. The molecule has 0 fully saturated rings. The van der Waals surface area contributed by atoms with Crippen molar-refractivity contribution in [2.45, 2.75) is 13.3 Å². The number of hydrogen-bond acceptors (Lipinski definition) is 5. The Hall–Kier alpha value is -1.21. The Morgan fingerprint density at radius 3 is 2.23 bits per heavy atom. The van der Waals surface area contributed by atoms with Gasteiger partial charge in [0.2, 0.25) is 0 Å². The summed E-state index contributed by atoms with van der Waals surface area (Å²) in [5.74, 6) is -0.436. The lowest BCUT2D eigenvalue weighted by atomic mass is 10.2. The highest BCUT2D eigenvalue weighted by Crippen LogP contribution is 2.28. The first-order chi connectivity index (χ1) is 10.4. The molecule has 2 rings (SSSR count). The Balaban J connectivity index is 2.49. The van der Waals surface area contributed by atoms with E-state index in [1.165, 1.54) is 17.0 Å². The van der Waals surface area contributed by atoms with Crippen LogP contribution in [0.5, 0.6) is 0 Å². The fourth-order valence-electron chi connectivity index (χ4n) is 1.74. The number of rotatable bonds is 4. The number of hydrogen-bond donors (Lipinski definition) is 0. The van der Waals surface area contributed by atoms with Crippen LogP contribution in [0.1, 0.15) is 23.7 Å². The zero-order chi connectivity index (χ0) is 16.3. The van der Waals surface area contributed by atoms with E-state index in [0.29, 0.717) is 18.7 Å². The molecule has 116 valence electrons. The van der Waals surface area contributed by atoms with Gasteiger partial charge in [-0.05, 0) is 12.5 Å². The second-order valence-corrected chi connectivity index (χ2v) is 5.66. The van der Waals surface area contributed by atoms with Gasteiger partial charge in [-0.25, -0.2) is 0 Å². The van der Waals surface area contributed by atoms with Crippen LogP contribution >= 0.6 is 46.4 Å². The molecule has 10 heteroatoms. The molecule has 2 heterocycles. The Morgan fingerprint density at radius 1 is 1.00 bits per heavy atom. The normalized spacial score (nSPS) is 10.6. The molecular formula is C12H9Cl4N5O. The second kappa shape index (κ2) is 7.37. The predicted molar refractivity (Wildman–Crippen MR) is 86.1 cm³/mol. The molecule has 1 amide bonds. The average molecular weight is 381 g/mol. The molecule has 0 spiro atoms. The van der Waals surface area contributed by atoms with Gasteiger partial charge in [-0.1, -0.05) is 53.3 Å². The SMILES string of the molecule is CCCN(C(=O)c1cc(Cl)nnc1Cl)c1cc(Cl)nnc1Cl. The first kappa shape index (κ1) is 17.1. The van der Waals surface area contributed by atoms with Crippen molar-refractivity contribution in [2.24, 2.45) is 0 Å². The average Bonchev–Trinajstić information content (AvgIpc) is 2.49. The van der Waals surface area contributed by atoms with Crippen molar-refractivity contribution in [3.63, 3.8) is 0 Å². The fraction of sp³-hybridized carbons (Fsp3) is 0.250. The minimum Gasteiger partial charge on any atom is -0.305 e. The number of halogens is 4. The van der Waals surface area contributed by atoms with Crippen molar-refractivity contribution in [1.29, 1.82) is 0 Å². The minimum absolute atomic E-state index is 0.0513. The molecule has 0 atom stereocenters. The largest absolute Gasteiger partial charge is 0.305 e. The molecule has 0 N–H and O–H groups in total. The van der Waals surface area contributed by atoms with Crippen molar-refractivity contribution < 1.29 is 4.79 Å². The minimum atomic E-state index is -0.436. The number of aromatic nitrogens is 4. The number of carbonyl (C=O) groups is 1. The Morgan fingerprint density at radius 2 is 1.59 bits per heavy atom. The van der Waals surface area contributed by atoms with Crippen LogP contribution in [0, 0.1) is 0 Å². The highest BCUT2D eigenvalue weighted by atomic mass is 35.5. The van der Waals surface area contributed by atoms with Crippen LogP contribution in [-0.4, -0.2) is 32.8 Å². The van der Waals surface area contributed by atoms with Gasteiger partial charge in [-0.15, -0.1) is 20.4 Å². The van der Waals surface area contributed by atoms with E-state index in [1.807, 2.05) is 6.92 Å². The molecule has 0 unspecified atom stereocenters. The van der Waals surface area contributed by atoms with Crippen molar-refractivity contribution in [2.75, 3.05) is 11.4 Å². The molecular weight excluding hydrogens is 372 g/mol. The van der Waals surface area contributed by atoms with Crippen LogP contribution in [-0.2, 0) is 0 Å². The molecule has 0 aliphatic rings. The van der Waals surface area contributed by atoms with Gasteiger partial charge in [0.05, 0.1) is 11.3 Å². The predicted octanol–water partition coefficient (Wildman–Crippen LogP) is 3.94. The third-order valence-electron chi connectivity index (χ3n) is 2.63. The molecule has 0 saturated heterocycles. The van der Waals surface area contributed by atoms with E-state index >= 15 is 0 Å². The molecule has 0 aromatic carbocycles. The third kappa shape index (κ3) is 3.76. The van der Waals surface area contributed by atoms with E-state index in [1.54, 1.807) is 0 Å². The van der Waals surface area contributed by atoms with E-state index < -0.39 is 5.91 Å². The molecule has 6 nitrogen and oxygen atoms in total. The Labute approximate surface area is 146 Å². The van der Waals surface area contributed by atoms with E-state index in [0.717, 1.165) is 0 Å². The van der Waals surface area contributed by atoms with Gasteiger partial charge in [0, 0.05) is 12.6 Å². The van der Waals surface area contributed by atoms with Crippen LogP contribution in [0.15, 0.2) is 12.1 Å². The topological polar surface area (TPSA) is 71.9 Å². The fourth-order valence-corrected chi connectivity index (χ4v) is 2.39. The van der Waals surface area contributed by atoms with Crippen LogP contribution < -0.4 is 4.90 Å². The maximum atomic E-state index is 12.7. The molecule has 22 heavy (non-hydrogen) atoms. The second-order valence-electron chi connectivity index (χ2n) is 4.17. The van der Waals surface area contributed by atoms with Crippen molar-refractivity contribution in [3.8, 4) is 0 Å². The first-order valence-corrected chi connectivity index (χ1v) is 7.64. The van der Waals surface area contributed by atoms with Crippen molar-refractivity contribution in [3.05, 3.63) is 38.3 Å². The standard InChI is InChI=1S/C12H9Cl4N5O/c1-2-3-21(7-5-9(14)18-20-11(7)16)12(22)6-4-8(13)17-19-10(6)15/h4-5H,2-3H2,1H3. The summed E-state index contributed by atoms with van der Waals surface area (Å²) in [6.45, 7) is 2.28. The van der Waals surface area contributed by atoms with E-state index in [-0.39, 0.29) is 26.2 Å². The molecule has 0 radical (unpaired) electrons. The zero-order valence-corrected chi connectivity index (χ0v) is 14.2. The highest BCUT2D eigenvalue weighted by Gasteiger charge is 2.24. The van der Waals surface area contributed by atoms with Crippen LogP contribution in [0.25, 0.3) is 0 Å². The maximum Gasteiger partial charge on any atom is 0.261 e. The molecule has 0 bridgehead atoms. The molecule has 2 aromatic heterocycles. The van der Waals surface area contributed by atoms with E-state index in [9.17, 15) is 4.79 Å². The summed E-state index contributed by atoms with van der Waals surface area (Å²) < 4.78 is 0. The lowest BCUT2D eigenvalue weighted by Crippen LogP contribution is -2.32. The lowest BCUT2D eigenvalue weighted by molar-refractivity contribution is 0.0986. The first-order valence-electron chi connectivity index (χ1n) is 6.13. The van der Waals surface area contributed by atoms with Gasteiger partial charge >= 0.3 is 0 Å². The summed E-state index contributed by atoms with van der Waals surface area (Å²) in [4.78, 5) is 14.1. The van der Waals surface area contributed by atoms with Gasteiger partial charge in [-0.3, -0.25) is 4.79 Å². The summed E-state index contributed by atoms with van der Waals surface area (Å²) in [5.41, 5.74) is 0.441. The number of carbonyl (C=O) groups excluding carboxylic acids is 1. The van der Waals surface area contributed by atoms with Gasteiger partial charge in [0.25, 0.3) is 5.91 Å². The maximum absolute atomic E-state index is 12.7. The third-order valence-corrected chi connectivity index (χ3v) is 3.55. The molecule has 0 aliphatic heterocycles. The monoisotopic (exact) mass is 379 g/mol. The molecule has 0 saturated carbocycles. The number of amides is 1. The van der Waals surface area contributed by atoms with Crippen molar-refractivity contribution >= 4 is 58.0 Å². The molecule has 2 aromatic rings. The van der Waals surface area contributed by atoms with Gasteiger partial charge in [-0.2, -0.15) is 0 Å². The van der Waals surface area contributed by atoms with Gasteiger partial charge in [0.15, 0.2) is 20.6 Å². The van der Waals surface area contributed by atoms with E-state index in [4.69, 9.17) is 46.4 Å². The summed E-state index contributed by atoms with van der Waals surface area (Å²) >= 11 is 23.5. The number of nitrogens with zero attached hydrogens (tertiary/aromatic N) is 5. The molecule has 0 aliphatic carbocycles. The smallest absolute Gasteiger partial charge is 0.261 e. The Kier molecular flexibility index (Phi) is 5.74.